The van der Waals surface area contributed by atoms with Crippen LogP contribution in [0.25, 0.3) is 6.08 Å². The van der Waals surface area contributed by atoms with E-state index in [1.54, 1.807) is 0 Å². The lowest BCUT2D eigenvalue weighted by molar-refractivity contribution is 0.168. The maximum absolute atomic E-state index is 13.2. The highest BCUT2D eigenvalue weighted by atomic mass is 16.5. The SMILES string of the molecule is CCCC[C@@H]1C(C2N(C)[C@@H](c3ccccc3)[C@H](c3ccccc3)N2C)=Cc2ccccc2N1C(=O)OC. The highest BCUT2D eigenvalue weighted by Gasteiger charge is 2.49. The number of hydrogen-bond donors (Lipinski definition) is 0. The summed E-state index contributed by atoms with van der Waals surface area (Å²) in [6, 6.07) is 30.0. The van der Waals surface area contributed by atoms with Crippen molar-refractivity contribution in [1.29, 1.82) is 0 Å². The number of ether oxygens (including phenoxy) is 1. The van der Waals surface area contributed by atoms with E-state index < -0.39 is 0 Å². The molecule has 1 amide bonds. The van der Waals surface area contributed by atoms with Crippen LogP contribution in [0.4, 0.5) is 10.5 Å². The Morgan fingerprint density at radius 3 is 1.89 bits per heavy atom. The number of carbonyl (C=O) groups is 1. The van der Waals surface area contributed by atoms with Crippen LogP contribution in [0, 0.1) is 0 Å². The smallest absolute Gasteiger partial charge is 0.414 e. The lowest BCUT2D eigenvalue weighted by Crippen LogP contribution is -2.50. The van der Waals surface area contributed by atoms with Crippen LogP contribution in [-0.4, -0.2) is 49.3 Å². The number of benzene rings is 3. The van der Waals surface area contributed by atoms with E-state index in [0.29, 0.717) is 0 Å². The maximum Gasteiger partial charge on any atom is 0.414 e. The molecule has 0 spiro atoms. The average Bonchev–Trinajstić information content (AvgIpc) is 3.21. The number of methoxy groups -OCH3 is 1. The van der Waals surface area contributed by atoms with Gasteiger partial charge >= 0.3 is 6.09 Å². The topological polar surface area (TPSA) is 36.0 Å². The maximum atomic E-state index is 13.2. The average molecular weight is 496 g/mol. The number of carbonyl (C=O) groups excluding carboxylic acids is 1. The molecule has 3 atom stereocenters. The summed E-state index contributed by atoms with van der Waals surface area (Å²) < 4.78 is 5.33. The van der Waals surface area contributed by atoms with Crippen LogP contribution in [0.2, 0.25) is 0 Å². The summed E-state index contributed by atoms with van der Waals surface area (Å²) in [5.74, 6) is 0. The lowest BCUT2D eigenvalue weighted by atomic mass is 9.89. The van der Waals surface area contributed by atoms with Gasteiger partial charge in [-0.05, 0) is 54.9 Å². The summed E-state index contributed by atoms with van der Waals surface area (Å²) in [6.07, 6.45) is 5.01. The third kappa shape index (κ3) is 4.58. The molecular weight excluding hydrogens is 458 g/mol. The Kier molecular flexibility index (Phi) is 7.45. The highest BCUT2D eigenvalue weighted by molar-refractivity contribution is 5.94. The van der Waals surface area contributed by atoms with Crippen molar-refractivity contribution in [2.24, 2.45) is 0 Å². The molecular formula is C32H37N3O2. The molecule has 3 aromatic carbocycles. The molecule has 1 saturated heterocycles. The van der Waals surface area contributed by atoms with Crippen LogP contribution < -0.4 is 4.90 Å². The summed E-state index contributed by atoms with van der Waals surface area (Å²) in [7, 11) is 5.93. The van der Waals surface area contributed by atoms with Gasteiger partial charge in [-0.2, -0.15) is 0 Å². The van der Waals surface area contributed by atoms with Gasteiger partial charge in [0.25, 0.3) is 0 Å². The zero-order valence-electron chi connectivity index (χ0n) is 22.2. The van der Waals surface area contributed by atoms with Crippen LogP contribution in [-0.2, 0) is 4.74 Å². The minimum absolute atomic E-state index is 0.0118. The molecule has 3 aromatic rings. The summed E-state index contributed by atoms with van der Waals surface area (Å²) >= 11 is 0. The Balaban J connectivity index is 1.66. The van der Waals surface area contributed by atoms with Crippen LogP contribution in [0.5, 0.6) is 0 Å². The predicted octanol–water partition coefficient (Wildman–Crippen LogP) is 6.90. The number of unbranched alkanes of at least 4 members (excludes halogenated alkanes) is 1. The van der Waals surface area contributed by atoms with E-state index in [4.69, 9.17) is 4.74 Å². The molecule has 0 N–H and O–H groups in total. The Morgan fingerprint density at radius 1 is 0.811 bits per heavy atom. The van der Waals surface area contributed by atoms with E-state index in [0.717, 1.165) is 30.5 Å². The van der Waals surface area contributed by atoms with E-state index in [1.165, 1.54) is 23.8 Å². The summed E-state index contributed by atoms with van der Waals surface area (Å²) in [6.45, 7) is 2.20. The van der Waals surface area contributed by atoms with E-state index >= 15 is 0 Å². The zero-order valence-corrected chi connectivity index (χ0v) is 22.2. The number of nitrogens with zero attached hydrogens (tertiary/aromatic N) is 3. The third-order valence-corrected chi connectivity index (χ3v) is 7.95. The first-order chi connectivity index (χ1) is 18.1. The normalized spacial score (nSPS) is 22.5. The Bertz CT molecular complexity index is 1190. The van der Waals surface area contributed by atoms with Crippen molar-refractivity contribution in [2.45, 2.75) is 50.5 Å². The zero-order chi connectivity index (χ0) is 25.9. The Hall–Kier alpha value is -3.41. The van der Waals surface area contributed by atoms with E-state index in [-0.39, 0.29) is 30.4 Å². The number of hydrogen-bond acceptors (Lipinski definition) is 4. The fourth-order valence-corrected chi connectivity index (χ4v) is 6.33. The molecule has 0 bridgehead atoms. The van der Waals surface area contributed by atoms with E-state index in [2.05, 4.69) is 104 Å². The van der Waals surface area contributed by atoms with Gasteiger partial charge in [-0.15, -0.1) is 0 Å². The monoisotopic (exact) mass is 495 g/mol. The van der Waals surface area contributed by atoms with Crippen molar-refractivity contribution in [3.8, 4) is 0 Å². The molecule has 5 rings (SSSR count). The second-order valence-corrected chi connectivity index (χ2v) is 10.1. The molecule has 0 aromatic heterocycles. The largest absolute Gasteiger partial charge is 0.452 e. The van der Waals surface area contributed by atoms with Crippen LogP contribution >= 0.6 is 0 Å². The van der Waals surface area contributed by atoms with Crippen LogP contribution in [0.3, 0.4) is 0 Å². The van der Waals surface area contributed by atoms with Crippen molar-refractivity contribution in [3.63, 3.8) is 0 Å². The number of rotatable bonds is 6. The molecule has 37 heavy (non-hydrogen) atoms. The number of likely N-dealkylation sites (N-methyl/N-ethyl adjacent to an activating group) is 2. The lowest BCUT2D eigenvalue weighted by Gasteiger charge is -2.42. The number of amides is 1. The van der Waals surface area contributed by atoms with Gasteiger partial charge in [0, 0.05) is 0 Å². The van der Waals surface area contributed by atoms with Crippen molar-refractivity contribution in [1.82, 2.24) is 9.80 Å². The molecule has 5 nitrogen and oxygen atoms in total. The molecule has 0 radical (unpaired) electrons. The molecule has 2 aliphatic heterocycles. The summed E-state index contributed by atoms with van der Waals surface area (Å²) in [4.78, 5) is 20.1. The summed E-state index contributed by atoms with van der Waals surface area (Å²) in [5, 5.41) is 0. The number of fused-ring (bicyclic) bond motifs is 1. The minimum atomic E-state index is -0.304. The molecule has 0 saturated carbocycles. The quantitative estimate of drug-likeness (QED) is 0.373. The summed E-state index contributed by atoms with van der Waals surface area (Å²) in [5.41, 5.74) is 5.79. The van der Waals surface area contributed by atoms with Gasteiger partial charge in [0.05, 0.1) is 37.1 Å². The van der Waals surface area contributed by atoms with Crippen molar-refractivity contribution in [2.75, 3.05) is 26.1 Å². The van der Waals surface area contributed by atoms with Gasteiger partial charge in [-0.25, -0.2) is 4.79 Å². The standard InChI is InChI=1S/C32H37N3O2/c1-5-6-20-28-26(22-25-19-13-14-21-27(25)35(28)32(36)37-4)31-33(2)29(23-15-9-7-10-16-23)30(34(31)3)24-17-11-8-12-18-24/h7-19,21-22,28-31H,5-6,20H2,1-4H3/t28-,29+,30+/m1/s1. The second-order valence-electron chi connectivity index (χ2n) is 10.1. The van der Waals surface area contributed by atoms with Gasteiger partial charge in [0.15, 0.2) is 0 Å². The molecule has 2 aliphatic rings. The Morgan fingerprint density at radius 2 is 1.35 bits per heavy atom. The van der Waals surface area contributed by atoms with Crippen LogP contribution in [0.1, 0.15) is 55.0 Å². The van der Waals surface area contributed by atoms with Gasteiger partial charge in [-0.1, -0.05) is 98.6 Å². The second kappa shape index (κ2) is 10.9. The van der Waals surface area contributed by atoms with Gasteiger partial charge in [-0.3, -0.25) is 14.7 Å². The molecule has 5 heteroatoms. The van der Waals surface area contributed by atoms with Gasteiger partial charge in [0.2, 0.25) is 0 Å². The number of para-hydroxylation sites is 1. The van der Waals surface area contributed by atoms with E-state index in [9.17, 15) is 4.79 Å². The van der Waals surface area contributed by atoms with Crippen molar-refractivity contribution >= 4 is 17.9 Å². The predicted molar refractivity (Wildman–Crippen MR) is 150 cm³/mol. The number of anilines is 1. The van der Waals surface area contributed by atoms with Crippen LogP contribution in [0.15, 0.2) is 90.5 Å². The molecule has 1 fully saturated rings. The highest BCUT2D eigenvalue weighted by Crippen LogP contribution is 2.49. The fourth-order valence-electron chi connectivity index (χ4n) is 6.33. The van der Waals surface area contributed by atoms with Gasteiger partial charge < -0.3 is 4.74 Å². The van der Waals surface area contributed by atoms with Crippen molar-refractivity contribution in [3.05, 3.63) is 107 Å². The fraction of sp³-hybridized carbons (Fsp3) is 0.344. The van der Waals surface area contributed by atoms with Gasteiger partial charge in [0.1, 0.15) is 0 Å². The molecule has 0 aliphatic carbocycles. The van der Waals surface area contributed by atoms with E-state index in [1.807, 2.05) is 23.1 Å². The first-order valence-corrected chi connectivity index (χ1v) is 13.3. The molecule has 0 unspecified atom stereocenters. The third-order valence-electron chi connectivity index (χ3n) is 7.95. The first-order valence-electron chi connectivity index (χ1n) is 13.3. The Labute approximate surface area is 221 Å². The molecule has 192 valence electrons. The molecule has 2 heterocycles. The van der Waals surface area contributed by atoms with Crippen molar-refractivity contribution < 1.29 is 9.53 Å². The first kappa shape index (κ1) is 25.2. The minimum Gasteiger partial charge on any atom is -0.452 e.